The van der Waals surface area contributed by atoms with Crippen molar-refractivity contribution in [3.63, 3.8) is 0 Å². The Morgan fingerprint density at radius 3 is 2.95 bits per heavy atom. The minimum atomic E-state index is -0.0477. The van der Waals surface area contributed by atoms with Crippen molar-refractivity contribution >= 4 is 50.9 Å². The number of thioether (sulfide) groups is 1. The summed E-state index contributed by atoms with van der Waals surface area (Å²) in [6.07, 6.45) is 0.332. The van der Waals surface area contributed by atoms with E-state index in [0.29, 0.717) is 28.6 Å². The number of anilines is 1. The lowest BCUT2D eigenvalue weighted by Gasteiger charge is -2.19. The number of amides is 1. The molecule has 1 aromatic carbocycles. The molecule has 19 heavy (non-hydrogen) atoms. The SMILES string of the molecule is N#CSc1cc(Cl)c(N2CC(CO)CC2=O)cc1Br. The summed E-state index contributed by atoms with van der Waals surface area (Å²) in [6, 6.07) is 3.40. The van der Waals surface area contributed by atoms with Gasteiger partial charge in [-0.1, -0.05) is 11.6 Å². The third-order valence-electron chi connectivity index (χ3n) is 2.91. The number of carbonyl (C=O) groups excluding carboxylic acids is 1. The largest absolute Gasteiger partial charge is 0.396 e. The Balaban J connectivity index is 2.34. The number of hydrogen-bond acceptors (Lipinski definition) is 4. The first-order valence-corrected chi connectivity index (χ1v) is 7.51. The summed E-state index contributed by atoms with van der Waals surface area (Å²) >= 11 is 10.5. The summed E-state index contributed by atoms with van der Waals surface area (Å²) in [7, 11) is 0. The first-order chi connectivity index (χ1) is 9.06. The van der Waals surface area contributed by atoms with E-state index in [1.165, 1.54) is 0 Å². The van der Waals surface area contributed by atoms with Gasteiger partial charge in [-0.05, 0) is 39.8 Å². The summed E-state index contributed by atoms with van der Waals surface area (Å²) in [5.74, 6) is -0.0935. The van der Waals surface area contributed by atoms with Gasteiger partial charge in [0.15, 0.2) is 0 Å². The van der Waals surface area contributed by atoms with E-state index < -0.39 is 0 Å². The Morgan fingerprint density at radius 2 is 2.37 bits per heavy atom. The average molecular weight is 362 g/mol. The van der Waals surface area contributed by atoms with Crippen LogP contribution in [0.4, 0.5) is 5.69 Å². The second-order valence-electron chi connectivity index (χ2n) is 4.18. The minimum Gasteiger partial charge on any atom is -0.396 e. The molecule has 1 amide bonds. The molecule has 1 aliphatic rings. The maximum Gasteiger partial charge on any atom is 0.227 e. The molecule has 7 heteroatoms. The number of aliphatic hydroxyl groups is 1. The predicted octanol–water partition coefficient (Wildman–Crippen LogP) is 3.02. The number of benzene rings is 1. The van der Waals surface area contributed by atoms with Gasteiger partial charge in [-0.3, -0.25) is 4.79 Å². The number of thiocyanates is 1. The number of halogens is 2. The summed E-state index contributed by atoms with van der Waals surface area (Å²) in [5, 5.41) is 20.2. The highest BCUT2D eigenvalue weighted by atomic mass is 79.9. The summed E-state index contributed by atoms with van der Waals surface area (Å²) < 4.78 is 0.721. The molecule has 0 aromatic heterocycles. The van der Waals surface area contributed by atoms with E-state index >= 15 is 0 Å². The van der Waals surface area contributed by atoms with Gasteiger partial charge in [0.2, 0.25) is 5.91 Å². The number of rotatable bonds is 3. The fourth-order valence-corrected chi connectivity index (χ4v) is 3.33. The van der Waals surface area contributed by atoms with Gasteiger partial charge in [0.1, 0.15) is 5.40 Å². The molecule has 1 N–H and O–H groups in total. The van der Waals surface area contributed by atoms with Crippen molar-refractivity contribution in [2.24, 2.45) is 5.92 Å². The van der Waals surface area contributed by atoms with Crippen molar-refractivity contribution in [2.45, 2.75) is 11.3 Å². The highest BCUT2D eigenvalue weighted by Crippen LogP contribution is 2.38. The van der Waals surface area contributed by atoms with Crippen molar-refractivity contribution in [3.8, 4) is 5.40 Å². The molecule has 4 nitrogen and oxygen atoms in total. The maximum atomic E-state index is 11.9. The van der Waals surface area contributed by atoms with Crippen LogP contribution >= 0.6 is 39.3 Å². The van der Waals surface area contributed by atoms with Crippen LogP contribution in [0, 0.1) is 16.6 Å². The van der Waals surface area contributed by atoms with E-state index in [1.54, 1.807) is 17.0 Å². The van der Waals surface area contributed by atoms with Crippen molar-refractivity contribution in [3.05, 3.63) is 21.6 Å². The number of aliphatic hydroxyl groups excluding tert-OH is 1. The lowest BCUT2D eigenvalue weighted by Crippen LogP contribution is -2.25. The predicted molar refractivity (Wildman–Crippen MR) is 78.2 cm³/mol. The van der Waals surface area contributed by atoms with E-state index in [-0.39, 0.29) is 18.4 Å². The summed E-state index contributed by atoms with van der Waals surface area (Å²) in [5.41, 5.74) is 0.608. The molecule has 0 saturated carbocycles. The Morgan fingerprint density at radius 1 is 1.63 bits per heavy atom. The lowest BCUT2D eigenvalue weighted by molar-refractivity contribution is -0.117. The first kappa shape index (κ1) is 14.7. The molecule has 1 aliphatic heterocycles. The van der Waals surface area contributed by atoms with Gasteiger partial charge < -0.3 is 10.0 Å². The zero-order valence-electron chi connectivity index (χ0n) is 9.77. The Hall–Kier alpha value is -0.740. The molecule has 1 aromatic rings. The molecule has 0 bridgehead atoms. The van der Waals surface area contributed by atoms with Crippen LogP contribution in [-0.4, -0.2) is 24.2 Å². The van der Waals surface area contributed by atoms with E-state index in [2.05, 4.69) is 15.9 Å². The van der Waals surface area contributed by atoms with Crippen LogP contribution in [0.3, 0.4) is 0 Å². The monoisotopic (exact) mass is 360 g/mol. The van der Waals surface area contributed by atoms with Gasteiger partial charge in [-0.15, -0.1) is 0 Å². The molecule has 1 saturated heterocycles. The molecule has 0 aliphatic carbocycles. The van der Waals surface area contributed by atoms with E-state index in [0.717, 1.165) is 16.2 Å². The zero-order chi connectivity index (χ0) is 14.0. The van der Waals surface area contributed by atoms with Gasteiger partial charge in [-0.2, -0.15) is 5.26 Å². The summed E-state index contributed by atoms with van der Waals surface area (Å²) in [4.78, 5) is 14.2. The highest BCUT2D eigenvalue weighted by Gasteiger charge is 2.31. The Bertz CT molecular complexity index is 561. The Labute approximate surface area is 128 Å². The molecule has 1 fully saturated rings. The normalized spacial score (nSPS) is 18.7. The fraction of sp³-hybridized carbons (Fsp3) is 0.333. The second-order valence-corrected chi connectivity index (χ2v) is 6.27. The highest BCUT2D eigenvalue weighted by molar-refractivity contribution is 9.10. The van der Waals surface area contributed by atoms with E-state index in [4.69, 9.17) is 22.0 Å². The quantitative estimate of drug-likeness (QED) is 0.664. The molecule has 1 atom stereocenters. The molecule has 100 valence electrons. The van der Waals surface area contributed by atoms with Crippen molar-refractivity contribution < 1.29 is 9.90 Å². The van der Waals surface area contributed by atoms with Crippen LogP contribution < -0.4 is 4.90 Å². The maximum absolute atomic E-state index is 11.9. The number of nitriles is 1. The van der Waals surface area contributed by atoms with Crippen molar-refractivity contribution in [2.75, 3.05) is 18.1 Å². The first-order valence-electron chi connectivity index (χ1n) is 5.53. The van der Waals surface area contributed by atoms with Crippen LogP contribution in [0.15, 0.2) is 21.5 Å². The molecule has 2 rings (SSSR count). The zero-order valence-corrected chi connectivity index (χ0v) is 12.9. The van der Waals surface area contributed by atoms with Gasteiger partial charge in [0.05, 0.1) is 10.7 Å². The van der Waals surface area contributed by atoms with Crippen LogP contribution in [0.2, 0.25) is 5.02 Å². The van der Waals surface area contributed by atoms with Crippen LogP contribution in [0.1, 0.15) is 6.42 Å². The van der Waals surface area contributed by atoms with Crippen LogP contribution in [-0.2, 0) is 4.79 Å². The second kappa shape index (κ2) is 6.14. The molecular formula is C12H10BrClN2O2S. The molecule has 1 unspecified atom stereocenters. The molecule has 0 radical (unpaired) electrons. The van der Waals surface area contributed by atoms with Gasteiger partial charge in [-0.25, -0.2) is 0 Å². The topological polar surface area (TPSA) is 64.3 Å². The van der Waals surface area contributed by atoms with Gasteiger partial charge >= 0.3 is 0 Å². The van der Waals surface area contributed by atoms with E-state index in [1.807, 2.05) is 5.40 Å². The fourth-order valence-electron chi connectivity index (χ4n) is 1.99. The molecular weight excluding hydrogens is 352 g/mol. The summed E-state index contributed by atoms with van der Waals surface area (Å²) in [6.45, 7) is 0.454. The number of nitrogens with zero attached hydrogens (tertiary/aromatic N) is 2. The Kier molecular flexibility index (Phi) is 4.74. The third-order valence-corrected chi connectivity index (χ3v) is 4.78. The van der Waals surface area contributed by atoms with Gasteiger partial charge in [0.25, 0.3) is 0 Å². The van der Waals surface area contributed by atoms with E-state index in [9.17, 15) is 4.79 Å². The minimum absolute atomic E-state index is 0.0105. The van der Waals surface area contributed by atoms with Crippen molar-refractivity contribution in [1.82, 2.24) is 0 Å². The smallest absolute Gasteiger partial charge is 0.227 e. The van der Waals surface area contributed by atoms with Gasteiger partial charge in [0, 0.05) is 34.9 Å². The number of carbonyl (C=O) groups is 1. The number of hydrogen-bond donors (Lipinski definition) is 1. The van der Waals surface area contributed by atoms with Crippen LogP contribution in [0.5, 0.6) is 0 Å². The standard InChI is InChI=1S/C12H10BrClN2O2S/c13-8-2-10(9(14)3-11(8)19-6-15)16-4-7(5-17)1-12(16)18/h2-3,7,17H,1,4-5H2. The van der Waals surface area contributed by atoms with Crippen LogP contribution in [0.25, 0.3) is 0 Å². The lowest BCUT2D eigenvalue weighted by atomic mass is 10.1. The molecule has 0 spiro atoms. The molecule has 1 heterocycles. The third kappa shape index (κ3) is 3.06. The van der Waals surface area contributed by atoms with Crippen molar-refractivity contribution in [1.29, 1.82) is 5.26 Å². The average Bonchev–Trinajstić information content (AvgIpc) is 2.75.